The Kier molecular flexibility index (Phi) is 6.05. The lowest BCUT2D eigenvalue weighted by molar-refractivity contribution is -0.112. The first-order valence-electron chi connectivity index (χ1n) is 9.40. The van der Waals surface area contributed by atoms with Crippen molar-refractivity contribution in [3.63, 3.8) is 0 Å². The summed E-state index contributed by atoms with van der Waals surface area (Å²) in [6.07, 6.45) is 4.70. The van der Waals surface area contributed by atoms with Gasteiger partial charge >= 0.3 is 0 Å². The number of anilines is 1. The van der Waals surface area contributed by atoms with Crippen LogP contribution in [0.1, 0.15) is 5.56 Å². The Balaban J connectivity index is 1.79. The van der Waals surface area contributed by atoms with Crippen LogP contribution < -0.4 is 10.1 Å². The van der Waals surface area contributed by atoms with Crippen molar-refractivity contribution in [3.05, 3.63) is 83.3 Å². The third-order valence-corrected chi connectivity index (χ3v) is 5.18. The van der Waals surface area contributed by atoms with Crippen LogP contribution in [0.25, 0.3) is 23.0 Å². The van der Waals surface area contributed by atoms with E-state index in [1.807, 2.05) is 18.2 Å². The number of methoxy groups -OCH3 is 1. The van der Waals surface area contributed by atoms with E-state index in [1.165, 1.54) is 29.5 Å². The third-order valence-electron chi connectivity index (χ3n) is 4.49. The van der Waals surface area contributed by atoms with Crippen LogP contribution in [0, 0.1) is 17.1 Å². The molecule has 1 amide bonds. The smallest absolute Gasteiger partial charge is 0.268 e. The molecule has 0 saturated heterocycles. The van der Waals surface area contributed by atoms with Crippen LogP contribution >= 0.6 is 11.3 Å². The molecule has 0 atom stereocenters. The van der Waals surface area contributed by atoms with Gasteiger partial charge in [0.2, 0.25) is 0 Å². The van der Waals surface area contributed by atoms with Crippen molar-refractivity contribution in [3.8, 4) is 28.8 Å². The summed E-state index contributed by atoms with van der Waals surface area (Å²) in [5.74, 6) is -0.302. The average Bonchev–Trinajstić information content (AvgIpc) is 3.48. The van der Waals surface area contributed by atoms with Crippen molar-refractivity contribution in [2.75, 3.05) is 12.4 Å². The summed E-state index contributed by atoms with van der Waals surface area (Å²) in [6.45, 7) is 0. The van der Waals surface area contributed by atoms with Crippen molar-refractivity contribution < 1.29 is 13.9 Å². The number of nitrogens with zero attached hydrogens (tertiary/aromatic N) is 4. The minimum absolute atomic E-state index is 0.108. The normalized spacial score (nSPS) is 11.1. The fraction of sp³-hybridized carbons (Fsp3) is 0.0435. The van der Waals surface area contributed by atoms with E-state index in [4.69, 9.17) is 4.74 Å². The number of nitrogens with one attached hydrogen (secondary N) is 1. The minimum Gasteiger partial charge on any atom is -0.497 e. The van der Waals surface area contributed by atoms with E-state index in [0.29, 0.717) is 27.8 Å². The summed E-state index contributed by atoms with van der Waals surface area (Å²) < 4.78 is 20.2. The maximum Gasteiger partial charge on any atom is 0.268 e. The first kappa shape index (κ1) is 21.0. The Labute approximate surface area is 187 Å². The lowest BCUT2D eigenvalue weighted by atomic mass is 10.1. The van der Waals surface area contributed by atoms with E-state index in [2.05, 4.69) is 15.4 Å². The molecule has 0 aliphatic heterocycles. The lowest BCUT2D eigenvalue weighted by Gasteiger charge is -2.04. The Bertz CT molecular complexity index is 1320. The van der Waals surface area contributed by atoms with E-state index >= 15 is 0 Å². The highest BCUT2D eigenvalue weighted by Crippen LogP contribution is 2.28. The zero-order valence-electron chi connectivity index (χ0n) is 16.8. The predicted octanol–water partition coefficient (Wildman–Crippen LogP) is 4.69. The number of carbonyl (C=O) groups excluding carboxylic acids is 1. The minimum atomic E-state index is -0.575. The summed E-state index contributed by atoms with van der Waals surface area (Å²) in [5.41, 5.74) is 2.31. The van der Waals surface area contributed by atoms with Gasteiger partial charge in [-0.05, 0) is 42.5 Å². The number of carbonyl (C=O) groups is 1. The quantitative estimate of drug-likeness (QED) is 0.343. The van der Waals surface area contributed by atoms with Gasteiger partial charge in [-0.2, -0.15) is 10.4 Å². The Morgan fingerprint density at radius 3 is 2.78 bits per heavy atom. The van der Waals surface area contributed by atoms with Gasteiger partial charge in [0.05, 0.1) is 12.8 Å². The summed E-state index contributed by atoms with van der Waals surface area (Å²) in [7, 11) is 1.56. The van der Waals surface area contributed by atoms with E-state index < -0.39 is 5.91 Å². The van der Waals surface area contributed by atoms with Crippen LogP contribution in [-0.2, 0) is 4.79 Å². The summed E-state index contributed by atoms with van der Waals surface area (Å²) >= 11 is 1.25. The number of benzene rings is 2. The molecule has 7 nitrogen and oxygen atoms in total. The van der Waals surface area contributed by atoms with Crippen molar-refractivity contribution in [1.82, 2.24) is 14.8 Å². The molecule has 32 heavy (non-hydrogen) atoms. The number of ether oxygens (including phenoxy) is 1. The van der Waals surface area contributed by atoms with E-state index in [1.54, 1.807) is 53.8 Å². The molecule has 1 N–H and O–H groups in total. The molecule has 2 aromatic heterocycles. The first-order valence-corrected chi connectivity index (χ1v) is 10.3. The van der Waals surface area contributed by atoms with E-state index in [9.17, 15) is 14.4 Å². The maximum absolute atomic E-state index is 13.4. The number of hydrogen-bond acceptors (Lipinski definition) is 6. The Hall–Kier alpha value is -4.29. The topological polar surface area (TPSA) is 92.8 Å². The molecule has 4 rings (SSSR count). The standard InChI is InChI=1S/C23H16FN5O2S/c1-31-20-4-2-3-15(12-20)21-17(14-29(28-21)19-7-5-18(24)6-8-19)11-16(13-25)22(30)27-23-26-9-10-32-23/h2-12,14H,1H3,(H,26,27,30). The second kappa shape index (κ2) is 9.24. The molecule has 4 aromatic rings. The number of halogens is 1. The summed E-state index contributed by atoms with van der Waals surface area (Å²) in [5, 5.41) is 18.9. The van der Waals surface area contributed by atoms with Gasteiger partial charge in [0.25, 0.3) is 5.91 Å². The van der Waals surface area contributed by atoms with Gasteiger partial charge < -0.3 is 4.74 Å². The molecule has 0 spiro atoms. The lowest BCUT2D eigenvalue weighted by Crippen LogP contribution is -2.13. The maximum atomic E-state index is 13.4. The van der Waals surface area contributed by atoms with E-state index in [-0.39, 0.29) is 11.4 Å². The zero-order chi connectivity index (χ0) is 22.5. The molecule has 0 saturated carbocycles. The van der Waals surface area contributed by atoms with Crippen LogP contribution in [-0.4, -0.2) is 27.8 Å². The molecule has 0 aliphatic carbocycles. The van der Waals surface area contributed by atoms with Crippen molar-refractivity contribution in [1.29, 1.82) is 5.26 Å². The van der Waals surface area contributed by atoms with Crippen LogP contribution in [0.15, 0.2) is 71.9 Å². The molecule has 158 valence electrons. The van der Waals surface area contributed by atoms with Crippen LogP contribution in [0.3, 0.4) is 0 Å². The molecule has 2 aromatic carbocycles. The molecular formula is C23H16FN5O2S. The molecule has 2 heterocycles. The molecule has 0 radical (unpaired) electrons. The highest BCUT2D eigenvalue weighted by molar-refractivity contribution is 7.13. The van der Waals surface area contributed by atoms with Crippen LogP contribution in [0.2, 0.25) is 0 Å². The highest BCUT2D eigenvalue weighted by atomic mass is 32.1. The van der Waals surface area contributed by atoms with Crippen LogP contribution in [0.5, 0.6) is 5.75 Å². The molecule has 9 heteroatoms. The third kappa shape index (κ3) is 4.55. The number of hydrogen-bond donors (Lipinski definition) is 1. The second-order valence-electron chi connectivity index (χ2n) is 6.55. The first-order chi connectivity index (χ1) is 15.6. The van der Waals surface area contributed by atoms with Gasteiger partial charge in [0.1, 0.15) is 28.9 Å². The van der Waals surface area contributed by atoms with E-state index in [0.717, 1.165) is 5.56 Å². The van der Waals surface area contributed by atoms with Gasteiger partial charge in [-0.15, -0.1) is 11.3 Å². The largest absolute Gasteiger partial charge is 0.497 e. The Morgan fingerprint density at radius 2 is 2.09 bits per heavy atom. The molecular weight excluding hydrogens is 429 g/mol. The predicted molar refractivity (Wildman–Crippen MR) is 120 cm³/mol. The number of nitriles is 1. The van der Waals surface area contributed by atoms with Crippen molar-refractivity contribution in [2.24, 2.45) is 0 Å². The number of amides is 1. The SMILES string of the molecule is COc1cccc(-c2nn(-c3ccc(F)cc3)cc2C=C(C#N)C(=O)Nc2nccs2)c1. The number of rotatable bonds is 6. The second-order valence-corrected chi connectivity index (χ2v) is 7.44. The van der Waals surface area contributed by atoms with Crippen molar-refractivity contribution >= 4 is 28.5 Å². The van der Waals surface area contributed by atoms with Gasteiger partial charge in [-0.3, -0.25) is 10.1 Å². The molecule has 0 aliphatic rings. The summed E-state index contributed by atoms with van der Waals surface area (Å²) in [6, 6.07) is 15.0. The van der Waals surface area contributed by atoms with Gasteiger partial charge in [-0.25, -0.2) is 14.1 Å². The summed E-state index contributed by atoms with van der Waals surface area (Å²) in [4.78, 5) is 16.6. The van der Waals surface area contributed by atoms with Crippen molar-refractivity contribution in [2.45, 2.75) is 0 Å². The van der Waals surface area contributed by atoms with Crippen LogP contribution in [0.4, 0.5) is 9.52 Å². The fourth-order valence-corrected chi connectivity index (χ4v) is 3.49. The monoisotopic (exact) mass is 445 g/mol. The molecule has 0 bridgehead atoms. The highest BCUT2D eigenvalue weighted by Gasteiger charge is 2.16. The molecule has 0 unspecified atom stereocenters. The fourth-order valence-electron chi connectivity index (χ4n) is 2.97. The van der Waals surface area contributed by atoms with Gasteiger partial charge in [-0.1, -0.05) is 12.1 Å². The zero-order valence-corrected chi connectivity index (χ0v) is 17.6. The van der Waals surface area contributed by atoms with Gasteiger partial charge in [0, 0.05) is 28.9 Å². The average molecular weight is 445 g/mol. The number of thiazole rings is 1. The van der Waals surface area contributed by atoms with Gasteiger partial charge in [0.15, 0.2) is 5.13 Å². The molecule has 0 fully saturated rings. The number of aromatic nitrogens is 3. The Morgan fingerprint density at radius 1 is 1.28 bits per heavy atom.